The van der Waals surface area contributed by atoms with Gasteiger partial charge in [-0.3, -0.25) is 4.90 Å². The van der Waals surface area contributed by atoms with E-state index in [1.807, 2.05) is 0 Å². The van der Waals surface area contributed by atoms with E-state index in [2.05, 4.69) is 36.1 Å². The molecule has 0 amide bonds. The Labute approximate surface area is 103 Å². The Kier molecular flexibility index (Phi) is 4.25. The van der Waals surface area contributed by atoms with Crippen LogP contribution in [0.5, 0.6) is 0 Å². The van der Waals surface area contributed by atoms with Crippen LogP contribution in [0, 0.1) is 0 Å². The highest BCUT2D eigenvalue weighted by Gasteiger charge is 2.22. The van der Waals surface area contributed by atoms with E-state index in [4.69, 9.17) is 11.6 Å². The largest absolute Gasteiger partial charge is 0.295 e. The van der Waals surface area contributed by atoms with Gasteiger partial charge < -0.3 is 0 Å². The summed E-state index contributed by atoms with van der Waals surface area (Å²) in [6.07, 6.45) is 3.75. The summed E-state index contributed by atoms with van der Waals surface area (Å²) in [5.74, 6) is 0.700. The molecule has 0 bridgehead atoms. The lowest BCUT2D eigenvalue weighted by atomic mass is 10.0. The van der Waals surface area contributed by atoms with Gasteiger partial charge >= 0.3 is 0 Å². The van der Waals surface area contributed by atoms with Crippen molar-refractivity contribution in [1.29, 1.82) is 0 Å². The second-order valence-corrected chi connectivity index (χ2v) is 4.82. The van der Waals surface area contributed by atoms with Gasteiger partial charge in [0.25, 0.3) is 0 Å². The summed E-state index contributed by atoms with van der Waals surface area (Å²) in [6.45, 7) is 4.59. The van der Waals surface area contributed by atoms with Crippen molar-refractivity contribution < 1.29 is 0 Å². The average molecular weight is 238 g/mol. The van der Waals surface area contributed by atoms with Gasteiger partial charge in [-0.1, -0.05) is 31.2 Å². The highest BCUT2D eigenvalue weighted by molar-refractivity contribution is 6.18. The molecule has 0 N–H and O–H groups in total. The van der Waals surface area contributed by atoms with E-state index in [9.17, 15) is 0 Å². The average Bonchev–Trinajstić information content (AvgIpc) is 2.85. The predicted octanol–water partition coefficient (Wildman–Crippen LogP) is 3.62. The van der Waals surface area contributed by atoms with Crippen molar-refractivity contribution in [2.24, 2.45) is 0 Å². The van der Waals surface area contributed by atoms with Crippen LogP contribution in [0.3, 0.4) is 0 Å². The SMILES string of the molecule is CCc1ccc(C(CCl)N2CCCC2)cc1. The van der Waals surface area contributed by atoms with Crippen LogP contribution in [0.2, 0.25) is 0 Å². The molecule has 1 atom stereocenters. The fourth-order valence-electron chi connectivity index (χ4n) is 2.43. The smallest absolute Gasteiger partial charge is 0.0483 e. The summed E-state index contributed by atoms with van der Waals surface area (Å²) >= 11 is 6.11. The number of nitrogens with zero attached hydrogens (tertiary/aromatic N) is 1. The molecule has 2 heteroatoms. The van der Waals surface area contributed by atoms with E-state index in [-0.39, 0.29) is 0 Å². The van der Waals surface area contributed by atoms with Crippen LogP contribution >= 0.6 is 11.6 Å². The van der Waals surface area contributed by atoms with Crippen molar-refractivity contribution in [1.82, 2.24) is 4.90 Å². The molecule has 0 aromatic heterocycles. The molecule has 0 radical (unpaired) electrons. The Bertz CT molecular complexity index is 314. The molecule has 1 saturated heterocycles. The Morgan fingerprint density at radius 1 is 1.19 bits per heavy atom. The maximum absolute atomic E-state index is 6.11. The van der Waals surface area contributed by atoms with Gasteiger partial charge in [0, 0.05) is 11.9 Å². The van der Waals surface area contributed by atoms with Crippen molar-refractivity contribution in [3.63, 3.8) is 0 Å². The van der Waals surface area contributed by atoms with Crippen LogP contribution in [-0.4, -0.2) is 23.9 Å². The first-order valence-corrected chi connectivity index (χ1v) is 6.77. The maximum atomic E-state index is 6.11. The molecule has 1 aromatic carbocycles. The molecule has 16 heavy (non-hydrogen) atoms. The molecule has 1 aromatic rings. The predicted molar refractivity (Wildman–Crippen MR) is 70.1 cm³/mol. The van der Waals surface area contributed by atoms with Crippen LogP contribution in [-0.2, 0) is 6.42 Å². The van der Waals surface area contributed by atoms with Crippen molar-refractivity contribution in [2.75, 3.05) is 19.0 Å². The zero-order valence-electron chi connectivity index (χ0n) is 9.95. The van der Waals surface area contributed by atoms with Gasteiger partial charge in [0.05, 0.1) is 0 Å². The number of hydrogen-bond acceptors (Lipinski definition) is 1. The summed E-state index contributed by atoms with van der Waals surface area (Å²) in [7, 11) is 0. The summed E-state index contributed by atoms with van der Waals surface area (Å²) in [5, 5.41) is 0. The highest BCUT2D eigenvalue weighted by atomic mass is 35.5. The zero-order chi connectivity index (χ0) is 11.4. The molecule has 0 saturated carbocycles. The van der Waals surface area contributed by atoms with Crippen LogP contribution < -0.4 is 0 Å². The van der Waals surface area contributed by atoms with Gasteiger partial charge in [0.15, 0.2) is 0 Å². The van der Waals surface area contributed by atoms with Crippen molar-refractivity contribution in [3.8, 4) is 0 Å². The number of halogens is 1. The van der Waals surface area contributed by atoms with Crippen LogP contribution in [0.4, 0.5) is 0 Å². The molecule has 1 unspecified atom stereocenters. The lowest BCUT2D eigenvalue weighted by Gasteiger charge is -2.26. The topological polar surface area (TPSA) is 3.24 Å². The third kappa shape index (κ3) is 2.58. The Morgan fingerprint density at radius 2 is 1.81 bits per heavy atom. The zero-order valence-corrected chi connectivity index (χ0v) is 10.7. The van der Waals surface area contributed by atoms with Crippen LogP contribution in [0.1, 0.15) is 36.9 Å². The second-order valence-electron chi connectivity index (χ2n) is 4.51. The molecule has 1 aliphatic rings. The third-order valence-electron chi connectivity index (χ3n) is 3.50. The monoisotopic (exact) mass is 237 g/mol. The standard InChI is InChI=1S/C14H20ClN/c1-2-12-5-7-13(8-6-12)14(11-15)16-9-3-4-10-16/h5-8,14H,2-4,9-11H2,1H3. The quantitative estimate of drug-likeness (QED) is 0.723. The molecule has 0 spiro atoms. The van der Waals surface area contributed by atoms with E-state index in [0.717, 1.165) is 6.42 Å². The molecule has 1 nitrogen and oxygen atoms in total. The van der Waals surface area contributed by atoms with E-state index in [1.54, 1.807) is 0 Å². The van der Waals surface area contributed by atoms with Gasteiger partial charge in [-0.05, 0) is 43.5 Å². The minimum atomic E-state index is 0.412. The normalized spacial score (nSPS) is 18.9. The molecule has 1 fully saturated rings. The maximum Gasteiger partial charge on any atom is 0.0483 e. The number of rotatable bonds is 4. The Balaban J connectivity index is 2.12. The van der Waals surface area contributed by atoms with Crippen molar-refractivity contribution in [2.45, 2.75) is 32.2 Å². The first kappa shape index (κ1) is 11.9. The van der Waals surface area contributed by atoms with E-state index < -0.39 is 0 Å². The van der Waals surface area contributed by atoms with Gasteiger partial charge in [-0.2, -0.15) is 0 Å². The summed E-state index contributed by atoms with van der Waals surface area (Å²) in [6, 6.07) is 9.35. The van der Waals surface area contributed by atoms with Crippen molar-refractivity contribution in [3.05, 3.63) is 35.4 Å². The first-order chi connectivity index (χ1) is 7.85. The minimum absolute atomic E-state index is 0.412. The lowest BCUT2D eigenvalue weighted by molar-refractivity contribution is 0.266. The Hall–Kier alpha value is -0.530. The minimum Gasteiger partial charge on any atom is -0.295 e. The van der Waals surface area contributed by atoms with Gasteiger partial charge in [-0.15, -0.1) is 11.6 Å². The molecular weight excluding hydrogens is 218 g/mol. The fourth-order valence-corrected chi connectivity index (χ4v) is 2.80. The van der Waals surface area contributed by atoms with Crippen LogP contribution in [0.15, 0.2) is 24.3 Å². The summed E-state index contributed by atoms with van der Waals surface area (Å²) in [5.41, 5.74) is 2.77. The Morgan fingerprint density at radius 3 is 2.31 bits per heavy atom. The van der Waals surface area contributed by atoms with Crippen LogP contribution in [0.25, 0.3) is 0 Å². The molecule has 1 heterocycles. The van der Waals surface area contributed by atoms with E-state index >= 15 is 0 Å². The lowest BCUT2D eigenvalue weighted by Crippen LogP contribution is -2.26. The molecule has 2 rings (SSSR count). The highest BCUT2D eigenvalue weighted by Crippen LogP contribution is 2.26. The summed E-state index contributed by atoms with van der Waals surface area (Å²) < 4.78 is 0. The second kappa shape index (κ2) is 5.70. The number of aryl methyl sites for hydroxylation is 1. The fraction of sp³-hybridized carbons (Fsp3) is 0.571. The number of benzene rings is 1. The first-order valence-electron chi connectivity index (χ1n) is 6.24. The molecule has 88 valence electrons. The summed E-state index contributed by atoms with van der Waals surface area (Å²) in [4.78, 5) is 2.51. The van der Waals surface area contributed by atoms with Gasteiger partial charge in [0.1, 0.15) is 0 Å². The van der Waals surface area contributed by atoms with E-state index in [0.29, 0.717) is 11.9 Å². The number of hydrogen-bond donors (Lipinski definition) is 0. The van der Waals surface area contributed by atoms with Gasteiger partial charge in [-0.25, -0.2) is 0 Å². The number of likely N-dealkylation sites (tertiary alicyclic amines) is 1. The van der Waals surface area contributed by atoms with Crippen molar-refractivity contribution >= 4 is 11.6 Å². The molecule has 0 aliphatic carbocycles. The van der Waals surface area contributed by atoms with E-state index in [1.165, 1.54) is 37.1 Å². The van der Waals surface area contributed by atoms with Gasteiger partial charge in [0.2, 0.25) is 0 Å². The number of alkyl halides is 1. The molecule has 1 aliphatic heterocycles. The molecular formula is C14H20ClN. The third-order valence-corrected chi connectivity index (χ3v) is 3.79.